The number of hydrogen-bond acceptors (Lipinski definition) is 7. The van der Waals surface area contributed by atoms with Crippen LogP contribution in [-0.2, 0) is 14.3 Å². The molecule has 0 spiro atoms. The van der Waals surface area contributed by atoms with Crippen LogP contribution in [0.3, 0.4) is 0 Å². The molecule has 1 aliphatic heterocycles. The maximum atomic E-state index is 12.6. The largest absolute Gasteiger partial charge is 0.462 e. The summed E-state index contributed by atoms with van der Waals surface area (Å²) in [6.45, 7) is 1.56. The fourth-order valence-corrected chi connectivity index (χ4v) is 4.33. The first-order chi connectivity index (χ1) is 18.3. The quantitative estimate of drug-likeness (QED) is 0.318. The molecule has 4 amide bonds. The van der Waals surface area contributed by atoms with Crippen molar-refractivity contribution in [3.8, 4) is 0 Å². The molecule has 2 N–H and O–H groups in total. The average Bonchev–Trinajstić information content (AvgIpc) is 3.17. The summed E-state index contributed by atoms with van der Waals surface area (Å²) in [6, 6.07) is 21.6. The highest BCUT2D eigenvalue weighted by atomic mass is 32.2. The van der Waals surface area contributed by atoms with Crippen molar-refractivity contribution in [3.63, 3.8) is 0 Å². The minimum absolute atomic E-state index is 0.250. The van der Waals surface area contributed by atoms with Gasteiger partial charge in [0.2, 0.25) is 5.91 Å². The van der Waals surface area contributed by atoms with E-state index in [4.69, 9.17) is 4.74 Å². The molecular weight excluding hydrogens is 506 g/mol. The van der Waals surface area contributed by atoms with E-state index < -0.39 is 29.6 Å². The summed E-state index contributed by atoms with van der Waals surface area (Å²) < 4.78 is 4.94. The Morgan fingerprint density at radius 2 is 1.45 bits per heavy atom. The predicted molar refractivity (Wildman–Crippen MR) is 145 cm³/mol. The lowest BCUT2D eigenvalue weighted by Gasteiger charge is -2.13. The number of rotatable bonds is 8. The summed E-state index contributed by atoms with van der Waals surface area (Å²) in [6.07, 6.45) is 1.61. The van der Waals surface area contributed by atoms with E-state index >= 15 is 0 Å². The lowest BCUT2D eigenvalue weighted by Crippen LogP contribution is -2.36. The number of carbonyl (C=O) groups is 5. The van der Waals surface area contributed by atoms with Gasteiger partial charge < -0.3 is 15.4 Å². The van der Waals surface area contributed by atoms with Crippen molar-refractivity contribution < 1.29 is 28.7 Å². The first-order valence-corrected chi connectivity index (χ1v) is 12.4. The molecule has 0 aliphatic carbocycles. The number of nitrogens with zero attached hydrogens (tertiary/aromatic N) is 1. The van der Waals surface area contributed by atoms with E-state index in [0.29, 0.717) is 22.5 Å². The molecular formula is C28H23N3O6S. The van der Waals surface area contributed by atoms with Gasteiger partial charge in [-0.25, -0.2) is 4.79 Å². The third kappa shape index (κ3) is 6.54. The van der Waals surface area contributed by atoms with Crippen LogP contribution in [0.1, 0.15) is 33.2 Å². The molecule has 0 unspecified atom stereocenters. The average molecular weight is 530 g/mol. The maximum absolute atomic E-state index is 12.6. The zero-order valence-electron chi connectivity index (χ0n) is 20.3. The van der Waals surface area contributed by atoms with E-state index in [1.807, 2.05) is 30.3 Å². The van der Waals surface area contributed by atoms with E-state index in [1.54, 1.807) is 49.4 Å². The van der Waals surface area contributed by atoms with Gasteiger partial charge in [0.05, 0.1) is 17.1 Å². The van der Waals surface area contributed by atoms with Gasteiger partial charge in [0, 0.05) is 16.9 Å². The predicted octanol–water partition coefficient (Wildman–Crippen LogP) is 4.79. The van der Waals surface area contributed by atoms with Gasteiger partial charge >= 0.3 is 5.97 Å². The number of benzene rings is 3. The van der Waals surface area contributed by atoms with Crippen LogP contribution >= 0.6 is 11.8 Å². The van der Waals surface area contributed by atoms with Crippen LogP contribution in [0.15, 0.2) is 83.8 Å². The van der Waals surface area contributed by atoms with Crippen molar-refractivity contribution in [2.75, 3.05) is 23.8 Å². The van der Waals surface area contributed by atoms with Gasteiger partial charge in [-0.3, -0.25) is 24.1 Å². The van der Waals surface area contributed by atoms with E-state index in [9.17, 15) is 24.0 Å². The molecule has 1 saturated heterocycles. The lowest BCUT2D eigenvalue weighted by molar-refractivity contribution is -0.127. The third-order valence-corrected chi connectivity index (χ3v) is 6.26. The fraction of sp³-hybridized carbons (Fsp3) is 0.107. The van der Waals surface area contributed by atoms with Gasteiger partial charge in [-0.05, 0) is 78.9 Å². The summed E-state index contributed by atoms with van der Waals surface area (Å²) >= 11 is 0.786. The first kappa shape index (κ1) is 26.4. The topological polar surface area (TPSA) is 122 Å². The molecule has 9 nitrogen and oxygen atoms in total. The van der Waals surface area contributed by atoms with Crippen LogP contribution in [0.25, 0.3) is 6.08 Å². The van der Waals surface area contributed by atoms with Crippen LogP contribution in [-0.4, -0.2) is 47.0 Å². The summed E-state index contributed by atoms with van der Waals surface area (Å²) in [5.74, 6) is -1.90. The van der Waals surface area contributed by atoms with E-state index in [2.05, 4.69) is 10.6 Å². The summed E-state index contributed by atoms with van der Waals surface area (Å²) in [5, 5.41) is 4.84. The molecule has 1 aliphatic rings. The van der Waals surface area contributed by atoms with Crippen LogP contribution < -0.4 is 10.6 Å². The molecule has 0 radical (unpaired) electrons. The van der Waals surface area contributed by atoms with E-state index in [0.717, 1.165) is 22.2 Å². The van der Waals surface area contributed by atoms with Gasteiger partial charge in [0.1, 0.15) is 6.54 Å². The number of hydrogen-bond donors (Lipinski definition) is 2. The number of anilines is 2. The number of thioether (sulfide) groups is 1. The van der Waals surface area contributed by atoms with Gasteiger partial charge in [0.15, 0.2) is 0 Å². The Labute approximate surface area is 222 Å². The molecule has 1 heterocycles. The maximum Gasteiger partial charge on any atom is 0.338 e. The monoisotopic (exact) mass is 529 g/mol. The Morgan fingerprint density at radius 1 is 0.842 bits per heavy atom. The second-order valence-electron chi connectivity index (χ2n) is 8.06. The Morgan fingerprint density at radius 3 is 2.08 bits per heavy atom. The lowest BCUT2D eigenvalue weighted by atomic mass is 10.1. The van der Waals surface area contributed by atoms with E-state index in [-0.39, 0.29) is 17.4 Å². The molecule has 4 rings (SSSR count). The molecule has 1 fully saturated rings. The zero-order valence-corrected chi connectivity index (χ0v) is 21.1. The zero-order chi connectivity index (χ0) is 27.1. The Bertz CT molecular complexity index is 1400. The summed E-state index contributed by atoms with van der Waals surface area (Å²) in [7, 11) is 0. The summed E-state index contributed by atoms with van der Waals surface area (Å²) in [4.78, 5) is 62.9. The SMILES string of the molecule is CCOC(=O)c1ccc(NC(=O)c2ccc(NC(=O)CN3C(=O)S/C(=C\c4ccccc4)C3=O)cc2)cc1. The second-order valence-corrected chi connectivity index (χ2v) is 9.05. The smallest absolute Gasteiger partial charge is 0.338 e. The molecule has 0 bridgehead atoms. The van der Waals surface area contributed by atoms with Gasteiger partial charge in [-0.2, -0.15) is 0 Å². The van der Waals surface area contributed by atoms with Crippen molar-refractivity contribution in [2.45, 2.75) is 6.92 Å². The van der Waals surface area contributed by atoms with Crippen molar-refractivity contribution in [1.29, 1.82) is 0 Å². The van der Waals surface area contributed by atoms with Crippen molar-refractivity contribution in [2.24, 2.45) is 0 Å². The number of imide groups is 1. The minimum atomic E-state index is -0.549. The Kier molecular flexibility index (Phi) is 8.34. The molecule has 192 valence electrons. The number of esters is 1. The highest BCUT2D eigenvalue weighted by Crippen LogP contribution is 2.32. The first-order valence-electron chi connectivity index (χ1n) is 11.6. The third-order valence-electron chi connectivity index (χ3n) is 5.36. The number of ether oxygens (including phenoxy) is 1. The standard InChI is InChI=1S/C28H23N3O6S/c1-2-37-27(35)20-10-14-22(15-11-20)30-25(33)19-8-12-21(13-9-19)29-24(32)17-31-26(34)23(38-28(31)36)16-18-6-4-3-5-7-18/h3-16H,2,17H2,1H3,(H,29,32)(H,30,33)/b23-16-. The van der Waals surface area contributed by atoms with Gasteiger partial charge in [-0.15, -0.1) is 0 Å². The molecule has 3 aromatic rings. The molecule has 38 heavy (non-hydrogen) atoms. The number of nitrogens with one attached hydrogen (secondary N) is 2. The number of amides is 4. The molecule has 3 aromatic carbocycles. The Balaban J connectivity index is 1.31. The highest BCUT2D eigenvalue weighted by Gasteiger charge is 2.36. The number of carbonyl (C=O) groups excluding carboxylic acids is 5. The van der Waals surface area contributed by atoms with Crippen molar-refractivity contribution >= 4 is 58.1 Å². The van der Waals surface area contributed by atoms with Gasteiger partial charge in [0.25, 0.3) is 17.1 Å². The highest BCUT2D eigenvalue weighted by molar-refractivity contribution is 8.18. The van der Waals surface area contributed by atoms with E-state index in [1.165, 1.54) is 12.1 Å². The minimum Gasteiger partial charge on any atom is -0.462 e. The normalized spacial score (nSPS) is 13.9. The molecule has 0 aromatic heterocycles. The van der Waals surface area contributed by atoms with Crippen molar-refractivity contribution in [3.05, 3.63) is 100 Å². The van der Waals surface area contributed by atoms with Crippen LogP contribution in [0.2, 0.25) is 0 Å². The molecule has 0 saturated carbocycles. The van der Waals surface area contributed by atoms with Crippen LogP contribution in [0, 0.1) is 0 Å². The van der Waals surface area contributed by atoms with Gasteiger partial charge in [-0.1, -0.05) is 30.3 Å². The van der Waals surface area contributed by atoms with Crippen LogP contribution in [0.4, 0.5) is 16.2 Å². The summed E-state index contributed by atoms with van der Waals surface area (Å²) in [5.41, 5.74) is 2.40. The van der Waals surface area contributed by atoms with Crippen LogP contribution in [0.5, 0.6) is 0 Å². The van der Waals surface area contributed by atoms with Crippen molar-refractivity contribution in [1.82, 2.24) is 4.90 Å². The fourth-order valence-electron chi connectivity index (χ4n) is 3.49. The molecule has 0 atom stereocenters. The second kappa shape index (κ2) is 12.0. The Hall–Kier alpha value is -4.70. The molecule has 10 heteroatoms.